The summed E-state index contributed by atoms with van der Waals surface area (Å²) in [5.74, 6) is 0. The molecule has 0 aliphatic heterocycles. The summed E-state index contributed by atoms with van der Waals surface area (Å²) in [7, 11) is 0. The summed E-state index contributed by atoms with van der Waals surface area (Å²) in [6.07, 6.45) is 7.91. The van der Waals surface area contributed by atoms with E-state index in [0.29, 0.717) is 0 Å². The average molecular weight is 244 g/mol. The van der Waals surface area contributed by atoms with Gasteiger partial charge in [-0.05, 0) is 31.4 Å². The molecule has 4 heteroatoms. The van der Waals surface area contributed by atoms with Crippen LogP contribution in [0, 0.1) is 6.92 Å². The molecule has 4 nitrogen and oxygen atoms in total. The number of para-hydroxylation sites is 1. The monoisotopic (exact) mass is 244 g/mol. The van der Waals surface area contributed by atoms with E-state index >= 15 is 0 Å². The van der Waals surface area contributed by atoms with Crippen LogP contribution < -0.4 is 11.1 Å². The smallest absolute Gasteiger partial charge is 0.0945 e. The molecule has 18 heavy (non-hydrogen) atoms. The van der Waals surface area contributed by atoms with E-state index in [1.54, 1.807) is 0 Å². The lowest BCUT2D eigenvalue weighted by Crippen LogP contribution is -2.06. The van der Waals surface area contributed by atoms with Crippen LogP contribution in [-0.4, -0.2) is 16.1 Å². The summed E-state index contributed by atoms with van der Waals surface area (Å²) < 4.78 is 2.10. The molecular formula is C14H20N4. The molecule has 0 bridgehead atoms. The number of aryl methyl sites for hydroxylation is 2. The number of nitrogen functional groups attached to an aromatic ring is 1. The first-order valence-electron chi connectivity index (χ1n) is 6.32. The van der Waals surface area contributed by atoms with Gasteiger partial charge in [-0.3, -0.25) is 0 Å². The molecule has 0 aliphatic carbocycles. The molecule has 1 heterocycles. The summed E-state index contributed by atoms with van der Waals surface area (Å²) in [5.41, 5.74) is 9.02. The number of anilines is 2. The minimum Gasteiger partial charge on any atom is -0.397 e. The minimum atomic E-state index is 0.854. The Balaban J connectivity index is 1.70. The van der Waals surface area contributed by atoms with Gasteiger partial charge in [0, 0.05) is 25.5 Å². The molecule has 2 aromatic rings. The van der Waals surface area contributed by atoms with Crippen LogP contribution in [0.5, 0.6) is 0 Å². The number of unbranched alkanes of at least 4 members (excludes halogenated alkanes) is 1. The Hall–Kier alpha value is -1.97. The maximum Gasteiger partial charge on any atom is 0.0945 e. The summed E-state index contributed by atoms with van der Waals surface area (Å²) in [6, 6.07) is 6.08. The van der Waals surface area contributed by atoms with E-state index in [2.05, 4.69) is 14.9 Å². The van der Waals surface area contributed by atoms with Crippen molar-refractivity contribution in [3.8, 4) is 0 Å². The molecular weight excluding hydrogens is 224 g/mol. The third kappa shape index (κ3) is 3.26. The van der Waals surface area contributed by atoms with Crippen molar-refractivity contribution in [1.82, 2.24) is 9.55 Å². The number of nitrogens with two attached hydrogens (primary N) is 1. The van der Waals surface area contributed by atoms with Gasteiger partial charge in [-0.2, -0.15) is 0 Å². The number of benzene rings is 1. The first-order chi connectivity index (χ1) is 8.77. The zero-order valence-corrected chi connectivity index (χ0v) is 10.8. The predicted octanol–water partition coefficient (Wildman–Crippen LogP) is 2.67. The largest absolute Gasteiger partial charge is 0.397 e. The lowest BCUT2D eigenvalue weighted by molar-refractivity contribution is 0.621. The normalized spacial score (nSPS) is 10.5. The van der Waals surface area contributed by atoms with Crippen LogP contribution in [0.2, 0.25) is 0 Å². The standard InChI is InChI=1S/C14H20N4/c1-12-5-4-6-13(14(12)15)17-7-2-3-9-18-10-8-16-11-18/h4-6,8,10-11,17H,2-3,7,9,15H2,1H3. The van der Waals surface area contributed by atoms with Gasteiger partial charge < -0.3 is 15.6 Å². The fourth-order valence-electron chi connectivity index (χ4n) is 1.90. The van der Waals surface area contributed by atoms with Crippen molar-refractivity contribution in [2.24, 2.45) is 0 Å². The highest BCUT2D eigenvalue weighted by molar-refractivity contribution is 5.69. The van der Waals surface area contributed by atoms with E-state index in [9.17, 15) is 0 Å². The second-order valence-corrected chi connectivity index (χ2v) is 4.47. The fraction of sp³-hybridized carbons (Fsp3) is 0.357. The molecule has 0 fully saturated rings. The van der Waals surface area contributed by atoms with Gasteiger partial charge in [0.1, 0.15) is 0 Å². The molecule has 0 aliphatic rings. The Morgan fingerprint density at radius 3 is 3.00 bits per heavy atom. The van der Waals surface area contributed by atoms with Crippen molar-refractivity contribution >= 4 is 11.4 Å². The molecule has 0 unspecified atom stereocenters. The molecule has 0 spiro atoms. The van der Waals surface area contributed by atoms with Crippen LogP contribution in [0.1, 0.15) is 18.4 Å². The van der Waals surface area contributed by atoms with Crippen LogP contribution in [0.15, 0.2) is 36.9 Å². The van der Waals surface area contributed by atoms with Crippen molar-refractivity contribution in [2.75, 3.05) is 17.6 Å². The highest BCUT2D eigenvalue weighted by atomic mass is 15.0. The minimum absolute atomic E-state index is 0.854. The van der Waals surface area contributed by atoms with Crippen LogP contribution >= 0.6 is 0 Å². The Labute approximate surface area is 108 Å². The molecule has 0 saturated carbocycles. The van der Waals surface area contributed by atoms with E-state index in [1.165, 1.54) is 0 Å². The van der Waals surface area contributed by atoms with Gasteiger partial charge in [-0.1, -0.05) is 12.1 Å². The Morgan fingerprint density at radius 2 is 2.22 bits per heavy atom. The number of hydrogen-bond acceptors (Lipinski definition) is 3. The van der Waals surface area contributed by atoms with E-state index in [-0.39, 0.29) is 0 Å². The Morgan fingerprint density at radius 1 is 1.33 bits per heavy atom. The molecule has 0 radical (unpaired) electrons. The Bertz CT molecular complexity index is 477. The van der Waals surface area contributed by atoms with E-state index in [1.807, 2.05) is 43.8 Å². The first-order valence-corrected chi connectivity index (χ1v) is 6.32. The molecule has 2 rings (SSSR count). The Kier molecular flexibility index (Phi) is 4.23. The lowest BCUT2D eigenvalue weighted by atomic mass is 10.1. The van der Waals surface area contributed by atoms with Crippen LogP contribution in [0.4, 0.5) is 11.4 Å². The van der Waals surface area contributed by atoms with Crippen molar-refractivity contribution < 1.29 is 0 Å². The van der Waals surface area contributed by atoms with E-state index in [0.717, 1.165) is 42.9 Å². The number of nitrogens with zero attached hydrogens (tertiary/aromatic N) is 2. The van der Waals surface area contributed by atoms with Gasteiger partial charge in [0.05, 0.1) is 17.7 Å². The number of imidazole rings is 1. The van der Waals surface area contributed by atoms with Gasteiger partial charge in [0.15, 0.2) is 0 Å². The van der Waals surface area contributed by atoms with Gasteiger partial charge in [0.2, 0.25) is 0 Å². The van der Waals surface area contributed by atoms with Gasteiger partial charge in [-0.25, -0.2) is 4.98 Å². The zero-order chi connectivity index (χ0) is 12.8. The second-order valence-electron chi connectivity index (χ2n) is 4.47. The molecule has 1 aromatic carbocycles. The number of aromatic nitrogens is 2. The summed E-state index contributed by atoms with van der Waals surface area (Å²) >= 11 is 0. The number of rotatable bonds is 6. The molecule has 96 valence electrons. The molecule has 0 amide bonds. The highest BCUT2D eigenvalue weighted by Crippen LogP contribution is 2.21. The maximum atomic E-state index is 6.00. The topological polar surface area (TPSA) is 55.9 Å². The van der Waals surface area contributed by atoms with Crippen LogP contribution in [0.3, 0.4) is 0 Å². The third-order valence-electron chi connectivity index (χ3n) is 3.04. The zero-order valence-electron chi connectivity index (χ0n) is 10.8. The number of hydrogen-bond donors (Lipinski definition) is 2. The average Bonchev–Trinajstić information content (AvgIpc) is 2.87. The fourth-order valence-corrected chi connectivity index (χ4v) is 1.90. The summed E-state index contributed by atoms with van der Waals surface area (Å²) in [5, 5.41) is 3.38. The van der Waals surface area contributed by atoms with E-state index in [4.69, 9.17) is 5.73 Å². The third-order valence-corrected chi connectivity index (χ3v) is 3.04. The van der Waals surface area contributed by atoms with Crippen molar-refractivity contribution in [3.05, 3.63) is 42.5 Å². The predicted molar refractivity (Wildman–Crippen MR) is 75.5 cm³/mol. The van der Waals surface area contributed by atoms with Crippen molar-refractivity contribution in [1.29, 1.82) is 0 Å². The quantitative estimate of drug-likeness (QED) is 0.606. The second kappa shape index (κ2) is 6.10. The number of nitrogens with one attached hydrogen (secondary N) is 1. The SMILES string of the molecule is Cc1cccc(NCCCCn2ccnc2)c1N. The first kappa shape index (κ1) is 12.5. The van der Waals surface area contributed by atoms with Crippen molar-refractivity contribution in [3.63, 3.8) is 0 Å². The van der Waals surface area contributed by atoms with E-state index < -0.39 is 0 Å². The summed E-state index contributed by atoms with van der Waals surface area (Å²) in [4.78, 5) is 4.02. The molecule has 1 aromatic heterocycles. The van der Waals surface area contributed by atoms with Crippen LogP contribution in [-0.2, 0) is 6.54 Å². The van der Waals surface area contributed by atoms with Gasteiger partial charge >= 0.3 is 0 Å². The summed E-state index contributed by atoms with van der Waals surface area (Å²) in [6.45, 7) is 3.99. The van der Waals surface area contributed by atoms with Gasteiger partial charge in [0.25, 0.3) is 0 Å². The van der Waals surface area contributed by atoms with Gasteiger partial charge in [-0.15, -0.1) is 0 Å². The van der Waals surface area contributed by atoms with Crippen LogP contribution in [0.25, 0.3) is 0 Å². The lowest BCUT2D eigenvalue weighted by Gasteiger charge is -2.11. The van der Waals surface area contributed by atoms with Crippen molar-refractivity contribution in [2.45, 2.75) is 26.3 Å². The molecule has 0 saturated heterocycles. The maximum absolute atomic E-state index is 6.00. The molecule has 3 N–H and O–H groups in total. The molecule has 0 atom stereocenters. The highest BCUT2D eigenvalue weighted by Gasteiger charge is 2.00.